The maximum Gasteiger partial charge on any atom is 0.314 e. The molecular formula is C16H16N2O2. The highest BCUT2D eigenvalue weighted by Gasteiger charge is 2.14. The van der Waals surface area contributed by atoms with Gasteiger partial charge in [0, 0.05) is 11.4 Å². The Morgan fingerprint density at radius 1 is 0.850 bits per heavy atom. The van der Waals surface area contributed by atoms with Crippen molar-refractivity contribution in [2.24, 2.45) is 0 Å². The van der Waals surface area contributed by atoms with E-state index in [1.165, 1.54) is 0 Å². The summed E-state index contributed by atoms with van der Waals surface area (Å²) in [6.45, 7) is 3.86. The number of aryl methyl sites for hydroxylation is 2. The molecule has 0 aliphatic carbocycles. The zero-order chi connectivity index (χ0) is 14.5. The molecule has 0 aliphatic heterocycles. The number of hydrogen-bond donors (Lipinski definition) is 2. The van der Waals surface area contributed by atoms with Crippen LogP contribution in [0.1, 0.15) is 11.1 Å². The molecule has 20 heavy (non-hydrogen) atoms. The fourth-order valence-electron chi connectivity index (χ4n) is 1.84. The summed E-state index contributed by atoms with van der Waals surface area (Å²) in [6.07, 6.45) is 0. The van der Waals surface area contributed by atoms with Gasteiger partial charge in [-0.15, -0.1) is 0 Å². The Morgan fingerprint density at radius 2 is 1.50 bits per heavy atom. The third-order valence-corrected chi connectivity index (χ3v) is 2.87. The third kappa shape index (κ3) is 3.45. The molecule has 0 aliphatic rings. The molecule has 2 amide bonds. The summed E-state index contributed by atoms with van der Waals surface area (Å²) < 4.78 is 0. The summed E-state index contributed by atoms with van der Waals surface area (Å²) in [5, 5.41) is 5.15. The monoisotopic (exact) mass is 268 g/mol. The van der Waals surface area contributed by atoms with Gasteiger partial charge in [0.2, 0.25) is 0 Å². The molecule has 4 nitrogen and oxygen atoms in total. The van der Waals surface area contributed by atoms with Crippen LogP contribution in [0.25, 0.3) is 0 Å². The fraction of sp³-hybridized carbons (Fsp3) is 0.125. The van der Waals surface area contributed by atoms with Crippen LogP contribution < -0.4 is 10.6 Å². The summed E-state index contributed by atoms with van der Waals surface area (Å²) in [4.78, 5) is 23.6. The van der Waals surface area contributed by atoms with Crippen LogP contribution >= 0.6 is 0 Å². The quantitative estimate of drug-likeness (QED) is 0.823. The van der Waals surface area contributed by atoms with E-state index in [1.807, 2.05) is 32.0 Å². The van der Waals surface area contributed by atoms with Gasteiger partial charge in [-0.05, 0) is 37.6 Å². The van der Waals surface area contributed by atoms with Crippen molar-refractivity contribution >= 4 is 23.2 Å². The number of hydrogen-bond acceptors (Lipinski definition) is 2. The molecule has 2 rings (SSSR count). The Balaban J connectivity index is 2.03. The number of carbonyl (C=O) groups excluding carboxylic acids is 2. The molecule has 0 heterocycles. The third-order valence-electron chi connectivity index (χ3n) is 2.87. The molecular weight excluding hydrogens is 252 g/mol. The van der Waals surface area contributed by atoms with Gasteiger partial charge in [-0.25, -0.2) is 0 Å². The Kier molecular flexibility index (Phi) is 4.15. The molecule has 2 aromatic carbocycles. The summed E-state index contributed by atoms with van der Waals surface area (Å²) in [5.74, 6) is -1.36. The summed E-state index contributed by atoms with van der Waals surface area (Å²) >= 11 is 0. The van der Waals surface area contributed by atoms with Crippen molar-refractivity contribution in [3.05, 3.63) is 59.7 Å². The van der Waals surface area contributed by atoms with Crippen molar-refractivity contribution < 1.29 is 9.59 Å². The molecule has 0 aromatic heterocycles. The molecule has 102 valence electrons. The van der Waals surface area contributed by atoms with Crippen LogP contribution in [-0.4, -0.2) is 11.8 Å². The molecule has 0 atom stereocenters. The van der Waals surface area contributed by atoms with Crippen LogP contribution in [0, 0.1) is 13.8 Å². The van der Waals surface area contributed by atoms with Crippen molar-refractivity contribution in [2.75, 3.05) is 10.6 Å². The van der Waals surface area contributed by atoms with Crippen LogP contribution in [0.15, 0.2) is 48.5 Å². The number of benzene rings is 2. The highest BCUT2D eigenvalue weighted by atomic mass is 16.2. The Hall–Kier alpha value is -2.62. The molecule has 0 spiro atoms. The van der Waals surface area contributed by atoms with E-state index in [9.17, 15) is 9.59 Å². The van der Waals surface area contributed by atoms with E-state index in [2.05, 4.69) is 10.6 Å². The molecule has 4 heteroatoms. The number of para-hydroxylation sites is 1. The average Bonchev–Trinajstić information content (AvgIpc) is 2.43. The van der Waals surface area contributed by atoms with E-state index in [1.54, 1.807) is 30.3 Å². The predicted molar refractivity (Wildman–Crippen MR) is 79.6 cm³/mol. The Bertz CT molecular complexity index is 636. The zero-order valence-corrected chi connectivity index (χ0v) is 11.4. The van der Waals surface area contributed by atoms with E-state index < -0.39 is 11.8 Å². The van der Waals surface area contributed by atoms with E-state index in [0.717, 1.165) is 11.1 Å². The zero-order valence-electron chi connectivity index (χ0n) is 11.4. The maximum absolute atomic E-state index is 11.8. The molecule has 0 unspecified atom stereocenters. The van der Waals surface area contributed by atoms with Gasteiger partial charge >= 0.3 is 11.8 Å². The van der Waals surface area contributed by atoms with Crippen LogP contribution in [0.5, 0.6) is 0 Å². The highest BCUT2D eigenvalue weighted by Crippen LogP contribution is 2.16. The first kappa shape index (κ1) is 13.8. The topological polar surface area (TPSA) is 58.2 Å². The SMILES string of the molecule is Cc1ccc(NC(=O)C(=O)Nc2ccccc2)c(C)c1. The van der Waals surface area contributed by atoms with Crippen LogP contribution in [-0.2, 0) is 9.59 Å². The fourth-order valence-corrected chi connectivity index (χ4v) is 1.84. The van der Waals surface area contributed by atoms with E-state index >= 15 is 0 Å². The van der Waals surface area contributed by atoms with E-state index in [-0.39, 0.29) is 0 Å². The number of anilines is 2. The van der Waals surface area contributed by atoms with Gasteiger partial charge in [-0.2, -0.15) is 0 Å². The lowest BCUT2D eigenvalue weighted by molar-refractivity contribution is -0.133. The number of nitrogens with one attached hydrogen (secondary N) is 2. The largest absolute Gasteiger partial charge is 0.318 e. The Labute approximate surface area is 117 Å². The summed E-state index contributed by atoms with van der Waals surface area (Å²) in [7, 11) is 0. The molecule has 0 bridgehead atoms. The number of amides is 2. The second-order valence-corrected chi connectivity index (χ2v) is 4.59. The minimum absolute atomic E-state index is 0.591. The van der Waals surface area contributed by atoms with Gasteiger partial charge in [0.25, 0.3) is 0 Å². The van der Waals surface area contributed by atoms with Crippen molar-refractivity contribution in [2.45, 2.75) is 13.8 Å². The second-order valence-electron chi connectivity index (χ2n) is 4.59. The number of carbonyl (C=O) groups is 2. The normalized spacial score (nSPS) is 9.90. The van der Waals surface area contributed by atoms with Gasteiger partial charge in [0.05, 0.1) is 0 Å². The van der Waals surface area contributed by atoms with E-state index in [4.69, 9.17) is 0 Å². The first-order valence-corrected chi connectivity index (χ1v) is 6.31. The minimum Gasteiger partial charge on any atom is -0.318 e. The second kappa shape index (κ2) is 6.02. The summed E-state index contributed by atoms with van der Waals surface area (Å²) in [5.41, 5.74) is 3.26. The lowest BCUT2D eigenvalue weighted by atomic mass is 10.1. The average molecular weight is 268 g/mol. The smallest absolute Gasteiger partial charge is 0.314 e. The maximum atomic E-state index is 11.8. The van der Waals surface area contributed by atoms with Crippen LogP contribution in [0.4, 0.5) is 11.4 Å². The van der Waals surface area contributed by atoms with E-state index in [0.29, 0.717) is 11.4 Å². The first-order chi connectivity index (χ1) is 9.56. The molecule has 0 radical (unpaired) electrons. The lowest BCUT2D eigenvalue weighted by Gasteiger charge is -2.09. The molecule has 0 saturated carbocycles. The molecule has 0 fully saturated rings. The van der Waals surface area contributed by atoms with Crippen LogP contribution in [0.3, 0.4) is 0 Å². The standard InChI is InChI=1S/C16H16N2O2/c1-11-8-9-14(12(2)10-11)18-16(20)15(19)17-13-6-4-3-5-7-13/h3-10H,1-2H3,(H,17,19)(H,18,20). The lowest BCUT2D eigenvalue weighted by Crippen LogP contribution is -2.29. The molecule has 2 aromatic rings. The van der Waals surface area contributed by atoms with Gasteiger partial charge in [-0.3, -0.25) is 9.59 Å². The highest BCUT2D eigenvalue weighted by molar-refractivity contribution is 6.43. The predicted octanol–water partition coefficient (Wildman–Crippen LogP) is 2.88. The molecule has 0 saturated heterocycles. The number of rotatable bonds is 2. The van der Waals surface area contributed by atoms with Crippen molar-refractivity contribution in [3.63, 3.8) is 0 Å². The van der Waals surface area contributed by atoms with Gasteiger partial charge < -0.3 is 10.6 Å². The van der Waals surface area contributed by atoms with Gasteiger partial charge in [0.1, 0.15) is 0 Å². The van der Waals surface area contributed by atoms with Crippen LogP contribution in [0.2, 0.25) is 0 Å². The van der Waals surface area contributed by atoms with Gasteiger partial charge in [0.15, 0.2) is 0 Å². The minimum atomic E-state index is -0.684. The molecule has 2 N–H and O–H groups in total. The van der Waals surface area contributed by atoms with Crippen molar-refractivity contribution in [1.29, 1.82) is 0 Å². The summed E-state index contributed by atoms with van der Waals surface area (Å²) in [6, 6.07) is 14.5. The van der Waals surface area contributed by atoms with Gasteiger partial charge in [-0.1, -0.05) is 35.9 Å². The van der Waals surface area contributed by atoms with Crippen molar-refractivity contribution in [1.82, 2.24) is 0 Å². The first-order valence-electron chi connectivity index (χ1n) is 6.31. The van der Waals surface area contributed by atoms with Crippen molar-refractivity contribution in [3.8, 4) is 0 Å². The Morgan fingerprint density at radius 3 is 2.15 bits per heavy atom.